The van der Waals surface area contributed by atoms with Crippen LogP contribution in [0, 0.1) is 6.92 Å². The Morgan fingerprint density at radius 2 is 2.18 bits per heavy atom. The fourth-order valence-corrected chi connectivity index (χ4v) is 2.18. The van der Waals surface area contributed by atoms with Gasteiger partial charge >= 0.3 is 0 Å². The smallest absolute Gasteiger partial charge is 0.0589 e. The lowest BCUT2D eigenvalue weighted by Gasteiger charge is -2.28. The molecule has 0 saturated carbocycles. The van der Waals surface area contributed by atoms with Crippen molar-refractivity contribution in [1.82, 2.24) is 4.90 Å². The van der Waals surface area contributed by atoms with Gasteiger partial charge in [0.15, 0.2) is 0 Å². The zero-order valence-electron chi connectivity index (χ0n) is 10.7. The summed E-state index contributed by atoms with van der Waals surface area (Å²) in [5.74, 6) is 0. The summed E-state index contributed by atoms with van der Waals surface area (Å²) in [4.78, 5) is 2.21. The van der Waals surface area contributed by atoms with Crippen LogP contribution < -0.4 is 5.73 Å². The van der Waals surface area contributed by atoms with E-state index in [1.54, 1.807) is 7.11 Å². The molecule has 0 aliphatic rings. The van der Waals surface area contributed by atoms with E-state index >= 15 is 0 Å². The van der Waals surface area contributed by atoms with Gasteiger partial charge in [-0.25, -0.2) is 0 Å². The van der Waals surface area contributed by atoms with E-state index in [0.717, 1.165) is 11.6 Å². The first-order valence-corrected chi connectivity index (χ1v) is 6.13. The van der Waals surface area contributed by atoms with Crippen LogP contribution in [0.1, 0.15) is 17.2 Å². The summed E-state index contributed by atoms with van der Waals surface area (Å²) in [5, 5.41) is 0.765. The molecule has 3 nitrogen and oxygen atoms in total. The topological polar surface area (TPSA) is 38.5 Å². The predicted molar refractivity (Wildman–Crippen MR) is 72.5 cm³/mol. The molecular formula is C13H21ClN2O. The number of nitrogens with zero attached hydrogens (tertiary/aromatic N) is 1. The van der Waals surface area contributed by atoms with Crippen molar-refractivity contribution >= 4 is 11.6 Å². The monoisotopic (exact) mass is 256 g/mol. The highest BCUT2D eigenvalue weighted by Crippen LogP contribution is 2.24. The van der Waals surface area contributed by atoms with Crippen molar-refractivity contribution in [2.24, 2.45) is 5.73 Å². The maximum Gasteiger partial charge on any atom is 0.0589 e. The molecule has 1 rings (SSSR count). The molecule has 2 N–H and O–H groups in total. The average Bonchev–Trinajstić information content (AvgIpc) is 2.30. The van der Waals surface area contributed by atoms with Gasteiger partial charge in [-0.1, -0.05) is 17.7 Å². The second-order valence-electron chi connectivity index (χ2n) is 4.23. The van der Waals surface area contributed by atoms with E-state index in [1.807, 2.05) is 12.1 Å². The lowest BCUT2D eigenvalue weighted by Crippen LogP contribution is -2.33. The van der Waals surface area contributed by atoms with Gasteiger partial charge < -0.3 is 10.5 Å². The lowest BCUT2D eigenvalue weighted by molar-refractivity contribution is 0.140. The molecule has 1 unspecified atom stereocenters. The summed E-state index contributed by atoms with van der Waals surface area (Å²) in [6.45, 7) is 4.22. The van der Waals surface area contributed by atoms with Crippen LogP contribution in [-0.2, 0) is 4.74 Å². The second-order valence-corrected chi connectivity index (χ2v) is 4.66. The molecule has 1 aromatic carbocycles. The number of methoxy groups -OCH3 is 1. The number of nitrogens with two attached hydrogens (primary N) is 1. The van der Waals surface area contributed by atoms with Gasteiger partial charge in [-0.05, 0) is 37.2 Å². The molecule has 0 radical (unpaired) electrons. The Balaban J connectivity index is 2.85. The SMILES string of the molecule is COCCN(C)C(CN)c1ccc(Cl)cc1C. The molecule has 0 bridgehead atoms. The van der Waals surface area contributed by atoms with E-state index in [0.29, 0.717) is 13.2 Å². The summed E-state index contributed by atoms with van der Waals surface area (Å²) >= 11 is 5.96. The molecule has 17 heavy (non-hydrogen) atoms. The molecule has 0 fully saturated rings. The third-order valence-electron chi connectivity index (χ3n) is 2.99. The molecule has 1 atom stereocenters. The van der Waals surface area contributed by atoms with Crippen LogP contribution in [0.2, 0.25) is 5.02 Å². The van der Waals surface area contributed by atoms with Gasteiger partial charge in [0.25, 0.3) is 0 Å². The maximum atomic E-state index is 5.96. The largest absolute Gasteiger partial charge is 0.383 e. The third kappa shape index (κ3) is 3.96. The highest BCUT2D eigenvalue weighted by Gasteiger charge is 2.17. The number of ether oxygens (including phenoxy) is 1. The van der Waals surface area contributed by atoms with Crippen LogP contribution in [0.4, 0.5) is 0 Å². The summed E-state index contributed by atoms with van der Waals surface area (Å²) in [7, 11) is 3.77. The maximum absolute atomic E-state index is 5.96. The van der Waals surface area contributed by atoms with Crippen molar-refractivity contribution in [3.8, 4) is 0 Å². The summed E-state index contributed by atoms with van der Waals surface area (Å²) in [5.41, 5.74) is 8.28. The summed E-state index contributed by atoms with van der Waals surface area (Å²) in [6.07, 6.45) is 0. The number of hydrogen-bond donors (Lipinski definition) is 1. The molecule has 1 aromatic rings. The fourth-order valence-electron chi connectivity index (χ4n) is 1.95. The van der Waals surface area contributed by atoms with Gasteiger partial charge in [0, 0.05) is 31.3 Å². The van der Waals surface area contributed by atoms with Crippen molar-refractivity contribution in [2.45, 2.75) is 13.0 Å². The number of halogens is 1. The molecule has 0 aromatic heterocycles. The molecule has 4 heteroatoms. The van der Waals surface area contributed by atoms with Crippen LogP contribution in [0.5, 0.6) is 0 Å². The van der Waals surface area contributed by atoms with Crippen molar-refractivity contribution in [3.63, 3.8) is 0 Å². The number of rotatable bonds is 6. The van der Waals surface area contributed by atoms with Gasteiger partial charge in [-0.15, -0.1) is 0 Å². The minimum Gasteiger partial charge on any atom is -0.383 e. The third-order valence-corrected chi connectivity index (χ3v) is 3.23. The molecule has 0 amide bonds. The van der Waals surface area contributed by atoms with Crippen molar-refractivity contribution in [1.29, 1.82) is 0 Å². The Morgan fingerprint density at radius 1 is 1.47 bits per heavy atom. The van der Waals surface area contributed by atoms with Gasteiger partial charge in [0.2, 0.25) is 0 Å². The minimum absolute atomic E-state index is 0.211. The van der Waals surface area contributed by atoms with E-state index in [2.05, 4.69) is 24.9 Å². The Kier molecular flexibility index (Phi) is 5.92. The second kappa shape index (κ2) is 6.97. The predicted octanol–water partition coefficient (Wildman–Crippen LogP) is 2.23. The van der Waals surface area contributed by atoms with E-state index in [1.165, 1.54) is 11.1 Å². The zero-order valence-corrected chi connectivity index (χ0v) is 11.5. The normalized spacial score (nSPS) is 13.1. The standard InChI is InChI=1S/C13H21ClN2O/c1-10-8-11(14)4-5-12(10)13(9-15)16(2)6-7-17-3/h4-5,8,13H,6-7,9,15H2,1-3H3. The molecule has 0 heterocycles. The highest BCUT2D eigenvalue weighted by molar-refractivity contribution is 6.30. The van der Waals surface area contributed by atoms with E-state index < -0.39 is 0 Å². The van der Waals surface area contributed by atoms with Gasteiger partial charge in [-0.3, -0.25) is 4.90 Å². The Bertz CT molecular complexity index is 357. The number of benzene rings is 1. The van der Waals surface area contributed by atoms with Gasteiger partial charge in [-0.2, -0.15) is 0 Å². The average molecular weight is 257 g/mol. The molecule has 0 aliphatic heterocycles. The number of likely N-dealkylation sites (N-methyl/N-ethyl adjacent to an activating group) is 1. The van der Waals surface area contributed by atoms with Crippen LogP contribution in [0.15, 0.2) is 18.2 Å². The summed E-state index contributed by atoms with van der Waals surface area (Å²) < 4.78 is 5.09. The lowest BCUT2D eigenvalue weighted by atomic mass is 10.0. The van der Waals surface area contributed by atoms with E-state index in [-0.39, 0.29) is 6.04 Å². The Morgan fingerprint density at radius 3 is 2.71 bits per heavy atom. The molecule has 0 aliphatic carbocycles. The zero-order chi connectivity index (χ0) is 12.8. The first-order chi connectivity index (χ1) is 8.10. The van der Waals surface area contributed by atoms with Crippen LogP contribution in [-0.4, -0.2) is 38.8 Å². The van der Waals surface area contributed by atoms with Crippen molar-refractivity contribution in [2.75, 3.05) is 33.9 Å². The van der Waals surface area contributed by atoms with Gasteiger partial charge in [0.1, 0.15) is 0 Å². The molecule has 0 spiro atoms. The van der Waals surface area contributed by atoms with Crippen LogP contribution >= 0.6 is 11.6 Å². The Hall–Kier alpha value is -0.610. The Labute approximate surface area is 109 Å². The van der Waals surface area contributed by atoms with Crippen LogP contribution in [0.25, 0.3) is 0 Å². The highest BCUT2D eigenvalue weighted by atomic mass is 35.5. The first-order valence-electron chi connectivity index (χ1n) is 5.75. The quantitative estimate of drug-likeness (QED) is 0.848. The van der Waals surface area contributed by atoms with E-state index in [4.69, 9.17) is 22.1 Å². The first kappa shape index (κ1) is 14.5. The minimum atomic E-state index is 0.211. The fraction of sp³-hybridized carbons (Fsp3) is 0.538. The van der Waals surface area contributed by atoms with Gasteiger partial charge in [0.05, 0.1) is 6.61 Å². The number of aryl methyl sites for hydroxylation is 1. The molecule has 96 valence electrons. The van der Waals surface area contributed by atoms with Crippen molar-refractivity contribution < 1.29 is 4.74 Å². The van der Waals surface area contributed by atoms with Crippen LogP contribution in [0.3, 0.4) is 0 Å². The summed E-state index contributed by atoms with van der Waals surface area (Å²) in [6, 6.07) is 6.15. The number of hydrogen-bond acceptors (Lipinski definition) is 3. The van der Waals surface area contributed by atoms with Crippen molar-refractivity contribution in [3.05, 3.63) is 34.3 Å². The van der Waals surface area contributed by atoms with E-state index in [9.17, 15) is 0 Å². The molecular weight excluding hydrogens is 236 g/mol. The molecule has 0 saturated heterocycles.